The maximum absolute atomic E-state index is 14.6. The standard InChI is InChI=1S/C24H24FN5O3/c1-14-6-9-19(20(25)12-14)24(10-11-24)23(32)26-15-7-8-17(18(13-15)21-27-29-30-28-21)22(31)33-16-4-2-3-5-16/h6-9,12-13,16H,2-5,10-11H2,1H3,(H,26,32)(H,27,28,29,30). The van der Waals surface area contributed by atoms with Gasteiger partial charge in [0.1, 0.15) is 11.9 Å². The van der Waals surface area contributed by atoms with Crippen LogP contribution in [0.1, 0.15) is 60.0 Å². The largest absolute Gasteiger partial charge is 0.459 e. The molecule has 2 fully saturated rings. The third-order valence-electron chi connectivity index (χ3n) is 6.50. The number of rotatable bonds is 6. The topological polar surface area (TPSA) is 110 Å². The van der Waals surface area contributed by atoms with Crippen LogP contribution < -0.4 is 5.32 Å². The van der Waals surface area contributed by atoms with Crippen LogP contribution in [0.15, 0.2) is 36.4 Å². The van der Waals surface area contributed by atoms with E-state index in [-0.39, 0.29) is 23.7 Å². The number of ether oxygens (including phenoxy) is 1. The van der Waals surface area contributed by atoms with Crippen LogP contribution in [-0.2, 0) is 14.9 Å². The summed E-state index contributed by atoms with van der Waals surface area (Å²) in [6.07, 6.45) is 4.87. The summed E-state index contributed by atoms with van der Waals surface area (Å²) in [5, 5.41) is 16.7. The number of carbonyl (C=O) groups is 2. The minimum atomic E-state index is -0.883. The zero-order valence-corrected chi connectivity index (χ0v) is 18.2. The number of esters is 1. The number of aromatic amines is 1. The fraction of sp³-hybridized carbons (Fsp3) is 0.375. The van der Waals surface area contributed by atoms with Crippen LogP contribution in [-0.4, -0.2) is 38.6 Å². The lowest BCUT2D eigenvalue weighted by atomic mass is 9.93. The van der Waals surface area contributed by atoms with E-state index in [9.17, 15) is 14.0 Å². The Kier molecular flexibility index (Phi) is 5.39. The number of nitrogens with zero attached hydrogens (tertiary/aromatic N) is 3. The number of tetrazole rings is 1. The molecule has 0 unspecified atom stereocenters. The fourth-order valence-electron chi connectivity index (χ4n) is 4.49. The quantitative estimate of drug-likeness (QED) is 0.549. The van der Waals surface area contributed by atoms with Crippen LogP contribution in [0.3, 0.4) is 0 Å². The van der Waals surface area contributed by atoms with Gasteiger partial charge >= 0.3 is 5.97 Å². The molecular formula is C24H24FN5O3. The van der Waals surface area contributed by atoms with Crippen LogP contribution in [0.5, 0.6) is 0 Å². The van der Waals surface area contributed by atoms with Gasteiger partial charge in [-0.1, -0.05) is 12.1 Å². The van der Waals surface area contributed by atoms with E-state index >= 15 is 0 Å². The van der Waals surface area contributed by atoms with Crippen molar-refractivity contribution in [2.45, 2.75) is 57.0 Å². The second kappa shape index (κ2) is 8.38. The first kappa shape index (κ1) is 21.2. The molecule has 1 amide bonds. The van der Waals surface area contributed by atoms with E-state index in [1.165, 1.54) is 6.07 Å². The number of H-pyrrole nitrogens is 1. The summed E-state index contributed by atoms with van der Waals surface area (Å²) in [5.74, 6) is -0.823. The number of hydrogen-bond acceptors (Lipinski definition) is 6. The lowest BCUT2D eigenvalue weighted by Crippen LogP contribution is -2.28. The number of carbonyl (C=O) groups excluding carboxylic acids is 2. The smallest absolute Gasteiger partial charge is 0.339 e. The van der Waals surface area contributed by atoms with Gasteiger partial charge in [-0.2, -0.15) is 0 Å². The molecule has 2 aliphatic carbocycles. The van der Waals surface area contributed by atoms with Gasteiger partial charge in [-0.15, -0.1) is 5.10 Å². The first-order valence-corrected chi connectivity index (χ1v) is 11.1. The molecule has 9 heteroatoms. The minimum absolute atomic E-state index is 0.0864. The maximum Gasteiger partial charge on any atom is 0.339 e. The highest BCUT2D eigenvalue weighted by Gasteiger charge is 2.52. The molecule has 0 atom stereocenters. The molecule has 0 radical (unpaired) electrons. The van der Waals surface area contributed by atoms with Crippen molar-refractivity contribution in [2.24, 2.45) is 0 Å². The van der Waals surface area contributed by atoms with Gasteiger partial charge in [-0.3, -0.25) is 4.79 Å². The summed E-state index contributed by atoms with van der Waals surface area (Å²) in [5.41, 5.74) is 1.52. The van der Waals surface area contributed by atoms with Crippen molar-refractivity contribution in [3.05, 3.63) is 58.9 Å². The lowest BCUT2D eigenvalue weighted by molar-refractivity contribution is -0.118. The molecule has 0 bridgehead atoms. The van der Waals surface area contributed by atoms with Gasteiger partial charge in [0.05, 0.1) is 11.0 Å². The Morgan fingerprint density at radius 2 is 1.94 bits per heavy atom. The molecular weight excluding hydrogens is 425 g/mol. The van der Waals surface area contributed by atoms with E-state index in [0.29, 0.717) is 35.2 Å². The van der Waals surface area contributed by atoms with E-state index in [0.717, 1.165) is 31.2 Å². The molecule has 33 heavy (non-hydrogen) atoms. The molecule has 0 saturated heterocycles. The van der Waals surface area contributed by atoms with Gasteiger partial charge in [0.2, 0.25) is 5.91 Å². The summed E-state index contributed by atoms with van der Waals surface area (Å²) in [4.78, 5) is 26.0. The zero-order chi connectivity index (χ0) is 23.0. The predicted octanol–water partition coefficient (Wildman–Crippen LogP) is 4.08. The van der Waals surface area contributed by atoms with E-state index in [1.54, 1.807) is 24.3 Å². The van der Waals surface area contributed by atoms with Crippen molar-refractivity contribution in [3.8, 4) is 11.4 Å². The molecule has 1 aromatic heterocycles. The Hall–Kier alpha value is -3.62. The monoisotopic (exact) mass is 449 g/mol. The zero-order valence-electron chi connectivity index (χ0n) is 18.2. The average molecular weight is 449 g/mol. The molecule has 3 aromatic rings. The second-order valence-corrected chi connectivity index (χ2v) is 8.84. The van der Waals surface area contributed by atoms with Gasteiger partial charge < -0.3 is 10.1 Å². The average Bonchev–Trinajstić information content (AvgIpc) is 3.17. The van der Waals surface area contributed by atoms with Crippen molar-refractivity contribution in [1.29, 1.82) is 0 Å². The fourth-order valence-corrected chi connectivity index (χ4v) is 4.49. The number of benzene rings is 2. The molecule has 5 rings (SSSR count). The summed E-state index contributed by atoms with van der Waals surface area (Å²) in [6.45, 7) is 1.81. The third-order valence-corrected chi connectivity index (χ3v) is 6.50. The van der Waals surface area contributed by atoms with Crippen LogP contribution in [0.2, 0.25) is 0 Å². The number of anilines is 1. The molecule has 2 N–H and O–H groups in total. The van der Waals surface area contributed by atoms with Crippen molar-refractivity contribution >= 4 is 17.6 Å². The minimum Gasteiger partial charge on any atom is -0.459 e. The highest BCUT2D eigenvalue weighted by Crippen LogP contribution is 2.50. The number of amides is 1. The third kappa shape index (κ3) is 4.10. The molecule has 0 aliphatic heterocycles. The van der Waals surface area contributed by atoms with E-state index in [1.807, 2.05) is 13.0 Å². The van der Waals surface area contributed by atoms with Gasteiger partial charge in [-0.25, -0.2) is 14.3 Å². The molecule has 170 valence electrons. The molecule has 0 spiro atoms. The summed E-state index contributed by atoms with van der Waals surface area (Å²) >= 11 is 0. The maximum atomic E-state index is 14.6. The highest BCUT2D eigenvalue weighted by molar-refractivity contribution is 6.03. The van der Waals surface area contributed by atoms with Crippen LogP contribution in [0.4, 0.5) is 10.1 Å². The Morgan fingerprint density at radius 3 is 2.61 bits per heavy atom. The Bertz CT molecular complexity index is 1200. The molecule has 1 heterocycles. The Labute approximate surface area is 189 Å². The normalized spacial score (nSPS) is 17.0. The van der Waals surface area contributed by atoms with Crippen LogP contribution in [0, 0.1) is 12.7 Å². The van der Waals surface area contributed by atoms with Gasteiger partial charge in [0, 0.05) is 16.8 Å². The van der Waals surface area contributed by atoms with Gasteiger partial charge in [0.25, 0.3) is 0 Å². The first-order chi connectivity index (χ1) is 16.0. The second-order valence-electron chi connectivity index (χ2n) is 8.84. The van der Waals surface area contributed by atoms with Crippen LogP contribution in [0.25, 0.3) is 11.4 Å². The summed E-state index contributed by atoms with van der Waals surface area (Å²) in [7, 11) is 0. The number of aryl methyl sites for hydroxylation is 1. The lowest BCUT2D eigenvalue weighted by Gasteiger charge is -2.18. The van der Waals surface area contributed by atoms with Crippen molar-refractivity contribution in [2.75, 3.05) is 5.32 Å². The van der Waals surface area contributed by atoms with E-state index in [4.69, 9.17) is 4.74 Å². The molecule has 2 aliphatic rings. The molecule has 2 saturated carbocycles. The van der Waals surface area contributed by atoms with Crippen LogP contribution >= 0.6 is 0 Å². The highest BCUT2D eigenvalue weighted by atomic mass is 19.1. The van der Waals surface area contributed by atoms with Gasteiger partial charge in [0.15, 0.2) is 5.82 Å². The summed E-state index contributed by atoms with van der Waals surface area (Å²) in [6, 6.07) is 9.81. The van der Waals surface area contributed by atoms with E-state index in [2.05, 4.69) is 25.9 Å². The molecule has 8 nitrogen and oxygen atoms in total. The van der Waals surface area contributed by atoms with Crippen molar-refractivity contribution in [1.82, 2.24) is 20.6 Å². The SMILES string of the molecule is Cc1ccc(C2(C(=O)Nc3ccc(C(=O)OC4CCCC4)c(-c4nnn[nH]4)c3)CC2)c(F)c1. The van der Waals surface area contributed by atoms with E-state index < -0.39 is 11.4 Å². The first-order valence-electron chi connectivity index (χ1n) is 11.1. The van der Waals surface area contributed by atoms with Crippen molar-refractivity contribution < 1.29 is 18.7 Å². The Morgan fingerprint density at radius 1 is 1.15 bits per heavy atom. The number of aromatic nitrogens is 4. The predicted molar refractivity (Wildman–Crippen MR) is 118 cm³/mol. The molecule has 2 aromatic carbocycles. The number of nitrogens with one attached hydrogen (secondary N) is 2. The number of hydrogen-bond donors (Lipinski definition) is 2. The Balaban J connectivity index is 1.41. The van der Waals surface area contributed by atoms with Crippen molar-refractivity contribution in [3.63, 3.8) is 0 Å². The number of halogens is 1. The van der Waals surface area contributed by atoms with Gasteiger partial charge in [-0.05, 0) is 85.7 Å². The summed E-state index contributed by atoms with van der Waals surface area (Å²) < 4.78 is 20.2.